The van der Waals surface area contributed by atoms with Gasteiger partial charge in [-0.1, -0.05) is 6.07 Å². The average Bonchev–Trinajstić information content (AvgIpc) is 2.40. The van der Waals surface area contributed by atoms with Gasteiger partial charge in [0.15, 0.2) is 0 Å². The van der Waals surface area contributed by atoms with E-state index >= 15 is 0 Å². The van der Waals surface area contributed by atoms with Gasteiger partial charge in [0.2, 0.25) is 0 Å². The lowest BCUT2D eigenvalue weighted by Crippen LogP contribution is -1.97. The third-order valence-corrected chi connectivity index (χ3v) is 2.75. The number of benzene rings is 1. The Balaban J connectivity index is 2.56. The SMILES string of the molecule is CCOc1ccc(OC)cc1-c1ncccc1C. The average molecular weight is 243 g/mol. The van der Waals surface area contributed by atoms with Gasteiger partial charge in [-0.15, -0.1) is 0 Å². The first-order valence-electron chi connectivity index (χ1n) is 5.99. The fourth-order valence-corrected chi connectivity index (χ4v) is 1.87. The second-order valence-electron chi connectivity index (χ2n) is 3.96. The highest BCUT2D eigenvalue weighted by Crippen LogP contribution is 2.33. The Labute approximate surface area is 107 Å². The van der Waals surface area contributed by atoms with Gasteiger partial charge < -0.3 is 9.47 Å². The minimum absolute atomic E-state index is 0.630. The number of ether oxygens (including phenoxy) is 2. The van der Waals surface area contributed by atoms with Gasteiger partial charge in [0, 0.05) is 11.8 Å². The van der Waals surface area contributed by atoms with Crippen LogP contribution >= 0.6 is 0 Å². The lowest BCUT2D eigenvalue weighted by atomic mass is 10.1. The van der Waals surface area contributed by atoms with Crippen molar-refractivity contribution >= 4 is 0 Å². The van der Waals surface area contributed by atoms with E-state index in [1.807, 2.05) is 44.2 Å². The lowest BCUT2D eigenvalue weighted by molar-refractivity contribution is 0.340. The van der Waals surface area contributed by atoms with Crippen LogP contribution in [0.5, 0.6) is 11.5 Å². The van der Waals surface area contributed by atoms with Crippen LogP contribution in [0.4, 0.5) is 0 Å². The summed E-state index contributed by atoms with van der Waals surface area (Å²) < 4.78 is 10.9. The van der Waals surface area contributed by atoms with Crippen LogP contribution in [0, 0.1) is 6.92 Å². The lowest BCUT2D eigenvalue weighted by Gasteiger charge is -2.12. The Morgan fingerprint density at radius 1 is 1.22 bits per heavy atom. The molecule has 0 amide bonds. The number of pyridine rings is 1. The largest absolute Gasteiger partial charge is 0.497 e. The molecule has 0 bridgehead atoms. The highest BCUT2D eigenvalue weighted by molar-refractivity contribution is 5.71. The molecule has 0 aliphatic rings. The fraction of sp³-hybridized carbons (Fsp3) is 0.267. The van der Waals surface area contributed by atoms with Crippen molar-refractivity contribution in [3.05, 3.63) is 42.1 Å². The number of methoxy groups -OCH3 is 1. The maximum Gasteiger partial charge on any atom is 0.128 e. The molecule has 94 valence electrons. The van der Waals surface area contributed by atoms with Gasteiger partial charge in [0.05, 0.1) is 19.4 Å². The number of hydrogen-bond donors (Lipinski definition) is 0. The van der Waals surface area contributed by atoms with Crippen LogP contribution in [0.1, 0.15) is 12.5 Å². The van der Waals surface area contributed by atoms with Crippen molar-refractivity contribution in [3.63, 3.8) is 0 Å². The van der Waals surface area contributed by atoms with Gasteiger partial charge in [0.1, 0.15) is 11.5 Å². The molecule has 0 aliphatic heterocycles. The molecule has 1 heterocycles. The Morgan fingerprint density at radius 2 is 2.06 bits per heavy atom. The summed E-state index contributed by atoms with van der Waals surface area (Å²) in [6, 6.07) is 9.75. The molecule has 3 nitrogen and oxygen atoms in total. The zero-order valence-electron chi connectivity index (χ0n) is 10.9. The van der Waals surface area contributed by atoms with E-state index in [9.17, 15) is 0 Å². The number of nitrogens with zero attached hydrogens (tertiary/aromatic N) is 1. The van der Waals surface area contributed by atoms with E-state index in [1.54, 1.807) is 13.3 Å². The first-order valence-corrected chi connectivity index (χ1v) is 5.99. The van der Waals surface area contributed by atoms with E-state index in [4.69, 9.17) is 9.47 Å². The smallest absolute Gasteiger partial charge is 0.128 e. The molecule has 2 rings (SSSR count). The van der Waals surface area contributed by atoms with Crippen LogP contribution in [0.2, 0.25) is 0 Å². The van der Waals surface area contributed by atoms with E-state index in [0.29, 0.717) is 6.61 Å². The molecule has 0 radical (unpaired) electrons. The summed E-state index contributed by atoms with van der Waals surface area (Å²) in [7, 11) is 1.66. The molecule has 1 aromatic carbocycles. The van der Waals surface area contributed by atoms with Crippen molar-refractivity contribution in [3.8, 4) is 22.8 Å². The second-order valence-corrected chi connectivity index (χ2v) is 3.96. The zero-order chi connectivity index (χ0) is 13.0. The molecule has 0 N–H and O–H groups in total. The van der Waals surface area contributed by atoms with Crippen LogP contribution in [0.25, 0.3) is 11.3 Å². The third kappa shape index (κ3) is 2.45. The van der Waals surface area contributed by atoms with E-state index < -0.39 is 0 Å². The summed E-state index contributed by atoms with van der Waals surface area (Å²) in [6.45, 7) is 4.64. The van der Waals surface area contributed by atoms with Gasteiger partial charge in [-0.25, -0.2) is 0 Å². The van der Waals surface area contributed by atoms with Crippen LogP contribution in [0.3, 0.4) is 0 Å². The molecule has 0 unspecified atom stereocenters. The molecule has 0 atom stereocenters. The molecule has 1 aromatic heterocycles. The van der Waals surface area contributed by atoms with Crippen molar-refractivity contribution in [1.29, 1.82) is 0 Å². The molecule has 0 saturated carbocycles. The molecule has 2 aromatic rings. The molecule has 0 fully saturated rings. The topological polar surface area (TPSA) is 31.4 Å². The van der Waals surface area contributed by atoms with Crippen molar-refractivity contribution in [2.45, 2.75) is 13.8 Å². The second kappa shape index (κ2) is 5.54. The Morgan fingerprint density at radius 3 is 2.72 bits per heavy atom. The summed E-state index contributed by atoms with van der Waals surface area (Å²) in [5.74, 6) is 1.64. The Hall–Kier alpha value is -2.03. The van der Waals surface area contributed by atoms with Crippen LogP contribution in [-0.4, -0.2) is 18.7 Å². The monoisotopic (exact) mass is 243 g/mol. The molecular formula is C15H17NO2. The Bertz CT molecular complexity index is 538. The Kier molecular flexibility index (Phi) is 3.82. The van der Waals surface area contributed by atoms with Gasteiger partial charge in [0.25, 0.3) is 0 Å². The van der Waals surface area contributed by atoms with E-state index in [0.717, 1.165) is 28.3 Å². The zero-order valence-corrected chi connectivity index (χ0v) is 10.9. The minimum atomic E-state index is 0.630. The van der Waals surface area contributed by atoms with Crippen LogP contribution in [0.15, 0.2) is 36.5 Å². The summed E-state index contributed by atoms with van der Waals surface area (Å²) in [6.07, 6.45) is 1.79. The van der Waals surface area contributed by atoms with E-state index in [-0.39, 0.29) is 0 Å². The summed E-state index contributed by atoms with van der Waals surface area (Å²) in [5.41, 5.74) is 3.01. The number of aryl methyl sites for hydroxylation is 1. The van der Waals surface area contributed by atoms with Crippen molar-refractivity contribution < 1.29 is 9.47 Å². The predicted octanol–water partition coefficient (Wildman–Crippen LogP) is 3.46. The summed E-state index contributed by atoms with van der Waals surface area (Å²) in [5, 5.41) is 0. The van der Waals surface area contributed by atoms with E-state index in [2.05, 4.69) is 4.98 Å². The minimum Gasteiger partial charge on any atom is -0.497 e. The molecule has 18 heavy (non-hydrogen) atoms. The van der Waals surface area contributed by atoms with Crippen molar-refractivity contribution in [1.82, 2.24) is 4.98 Å². The fourth-order valence-electron chi connectivity index (χ4n) is 1.87. The predicted molar refractivity (Wildman–Crippen MR) is 72.1 cm³/mol. The maximum absolute atomic E-state index is 5.65. The summed E-state index contributed by atoms with van der Waals surface area (Å²) in [4.78, 5) is 4.43. The first-order chi connectivity index (χ1) is 8.76. The van der Waals surface area contributed by atoms with Crippen LogP contribution < -0.4 is 9.47 Å². The highest BCUT2D eigenvalue weighted by atomic mass is 16.5. The molecule has 0 aliphatic carbocycles. The van der Waals surface area contributed by atoms with Gasteiger partial charge >= 0.3 is 0 Å². The van der Waals surface area contributed by atoms with Gasteiger partial charge in [-0.3, -0.25) is 4.98 Å². The van der Waals surface area contributed by atoms with Crippen LogP contribution in [-0.2, 0) is 0 Å². The van der Waals surface area contributed by atoms with Gasteiger partial charge in [-0.2, -0.15) is 0 Å². The molecule has 0 saturated heterocycles. The number of rotatable bonds is 4. The van der Waals surface area contributed by atoms with Gasteiger partial charge in [-0.05, 0) is 43.7 Å². The molecule has 0 spiro atoms. The first kappa shape index (κ1) is 12.4. The van der Waals surface area contributed by atoms with E-state index in [1.165, 1.54) is 0 Å². The molecular weight excluding hydrogens is 226 g/mol. The maximum atomic E-state index is 5.65. The summed E-state index contributed by atoms with van der Waals surface area (Å²) >= 11 is 0. The quantitative estimate of drug-likeness (QED) is 0.824. The number of hydrogen-bond acceptors (Lipinski definition) is 3. The highest BCUT2D eigenvalue weighted by Gasteiger charge is 2.11. The molecule has 3 heteroatoms. The third-order valence-electron chi connectivity index (χ3n) is 2.75. The van der Waals surface area contributed by atoms with Crippen molar-refractivity contribution in [2.24, 2.45) is 0 Å². The normalized spacial score (nSPS) is 10.2. The van der Waals surface area contributed by atoms with Crippen molar-refractivity contribution in [2.75, 3.05) is 13.7 Å². The number of aromatic nitrogens is 1. The standard InChI is InChI=1S/C15H17NO2/c1-4-18-14-8-7-12(17-3)10-13(14)15-11(2)6-5-9-16-15/h5-10H,4H2,1-3H3.